The first-order valence-corrected chi connectivity index (χ1v) is 24.0. The number of hydrogen-bond donors (Lipinski definition) is 6. The molecule has 0 bridgehead atoms. The van der Waals surface area contributed by atoms with Gasteiger partial charge in [-0.05, 0) is 90.6 Å². The fourth-order valence-corrected chi connectivity index (χ4v) is 8.33. The number of primary amides is 1. The second kappa shape index (κ2) is 31.2. The molecule has 0 saturated carbocycles. The van der Waals surface area contributed by atoms with Crippen molar-refractivity contribution in [3.05, 3.63) is 189 Å². The number of ether oxygens (including phenoxy) is 2. The number of aromatic carboxylic acids is 1. The van der Waals surface area contributed by atoms with Crippen LogP contribution in [0.4, 0.5) is 0 Å². The van der Waals surface area contributed by atoms with Gasteiger partial charge in [0.1, 0.15) is 24.6 Å². The Morgan fingerprint density at radius 2 is 1.00 bits per heavy atom. The molecular formula is C50H45BrN8O10S3. The van der Waals surface area contributed by atoms with Gasteiger partial charge in [0.05, 0.1) is 68.7 Å². The molecule has 0 aliphatic rings. The number of rotatable bonds is 11. The summed E-state index contributed by atoms with van der Waals surface area (Å²) in [5.74, 6) is -1.25. The lowest BCUT2D eigenvalue weighted by Crippen LogP contribution is -2.08. The van der Waals surface area contributed by atoms with Gasteiger partial charge in [0.2, 0.25) is 22.6 Å². The molecule has 18 nitrogen and oxygen atoms in total. The molecule has 3 heterocycles. The van der Waals surface area contributed by atoms with Crippen LogP contribution in [0.2, 0.25) is 0 Å². The average molecular weight is 1090 g/mol. The molecule has 370 valence electrons. The number of aryl methyl sites for hydroxylation is 3. The number of amides is 1. The van der Waals surface area contributed by atoms with Crippen molar-refractivity contribution in [3.8, 4) is 24.3 Å². The summed E-state index contributed by atoms with van der Waals surface area (Å²) in [7, 11) is 2.71. The highest BCUT2D eigenvalue weighted by molar-refractivity contribution is 9.08. The van der Waals surface area contributed by atoms with Crippen LogP contribution in [0.3, 0.4) is 0 Å². The number of aromatic amines is 3. The number of nitrogens with two attached hydrogens (primary N) is 1. The zero-order chi connectivity index (χ0) is 53.9. The second-order valence-electron chi connectivity index (χ2n) is 14.3. The largest absolute Gasteiger partial charge is 0.478 e. The molecule has 3 aromatic carbocycles. The molecule has 6 aromatic rings. The minimum absolute atomic E-state index is 0.181. The maximum absolute atomic E-state index is 11.5. The highest BCUT2D eigenvalue weighted by Crippen LogP contribution is 2.26. The van der Waals surface area contributed by atoms with Gasteiger partial charge in [-0.3, -0.25) is 19.2 Å². The Bertz CT molecular complexity index is 3250. The van der Waals surface area contributed by atoms with Gasteiger partial charge < -0.3 is 35.3 Å². The van der Waals surface area contributed by atoms with Crippen LogP contribution in [0.15, 0.2) is 120 Å². The van der Waals surface area contributed by atoms with Crippen LogP contribution in [0.5, 0.6) is 0 Å². The lowest BCUT2D eigenvalue weighted by molar-refractivity contribution is -0.117. The summed E-state index contributed by atoms with van der Waals surface area (Å²) >= 11 is 9.90. The Hall–Kier alpha value is -8.12. The monoisotopic (exact) mass is 1090 g/mol. The lowest BCUT2D eigenvalue weighted by atomic mass is 10.1. The molecule has 0 aliphatic heterocycles. The number of aromatic nitrogens is 3. The Morgan fingerprint density at radius 3 is 1.35 bits per heavy atom. The molecule has 0 atom stereocenters. The number of carboxylic acid groups (broad SMARTS) is 1. The van der Waals surface area contributed by atoms with E-state index in [0.29, 0.717) is 71.1 Å². The number of esters is 2. The number of nitrogens with one attached hydrogen (secondary N) is 3. The third-order valence-electron chi connectivity index (χ3n) is 9.01. The molecule has 0 radical (unpaired) electrons. The number of carboxylic acids is 1. The molecule has 72 heavy (non-hydrogen) atoms. The summed E-state index contributed by atoms with van der Waals surface area (Å²) in [6.45, 7) is 5.14. The zero-order valence-electron chi connectivity index (χ0n) is 39.1. The van der Waals surface area contributed by atoms with E-state index in [1.165, 1.54) is 62.0 Å². The number of pyridine rings is 3. The van der Waals surface area contributed by atoms with Crippen molar-refractivity contribution in [2.24, 2.45) is 5.73 Å². The third kappa shape index (κ3) is 20.1. The number of benzene rings is 3. The number of carbonyl (C=O) groups excluding carboxylic acids is 3. The zero-order valence-corrected chi connectivity index (χ0v) is 43.2. The van der Waals surface area contributed by atoms with Crippen LogP contribution in [-0.4, -0.2) is 58.1 Å². The van der Waals surface area contributed by atoms with Crippen LogP contribution in [0.1, 0.15) is 87.6 Å². The summed E-state index contributed by atoms with van der Waals surface area (Å²) in [6, 6.07) is 32.8. The molecule has 22 heteroatoms. The van der Waals surface area contributed by atoms with Gasteiger partial charge >= 0.3 is 17.9 Å². The summed E-state index contributed by atoms with van der Waals surface area (Å²) in [6.07, 6.45) is -0.181. The Labute approximate surface area is 435 Å². The highest BCUT2D eigenvalue weighted by atomic mass is 79.9. The van der Waals surface area contributed by atoms with Crippen molar-refractivity contribution in [2.75, 3.05) is 14.2 Å². The molecule has 0 saturated heterocycles. The van der Waals surface area contributed by atoms with Gasteiger partial charge in [-0.1, -0.05) is 52.3 Å². The van der Waals surface area contributed by atoms with E-state index < -0.39 is 17.8 Å². The van der Waals surface area contributed by atoms with E-state index in [4.69, 9.17) is 20.9 Å². The number of hydrogen-bond acceptors (Lipinski definition) is 16. The number of thiol groups is 1. The molecule has 0 fully saturated rings. The summed E-state index contributed by atoms with van der Waals surface area (Å²) in [5.41, 5.74) is 11.1. The van der Waals surface area contributed by atoms with Crippen molar-refractivity contribution in [1.29, 1.82) is 21.0 Å². The third-order valence-corrected chi connectivity index (χ3v) is 12.1. The second-order valence-corrected chi connectivity index (χ2v) is 17.3. The van der Waals surface area contributed by atoms with Gasteiger partial charge in [0.25, 0.3) is 0 Å². The van der Waals surface area contributed by atoms with Crippen molar-refractivity contribution >= 4 is 75.9 Å². The first kappa shape index (κ1) is 60.0. The van der Waals surface area contributed by atoms with Gasteiger partial charge in [-0.2, -0.15) is 21.0 Å². The summed E-state index contributed by atoms with van der Waals surface area (Å²) in [5, 5.41) is 45.7. The molecule has 0 aliphatic carbocycles. The van der Waals surface area contributed by atoms with E-state index in [-0.39, 0.29) is 34.6 Å². The number of nitrogens with zero attached hydrogens (tertiary/aromatic N) is 4. The van der Waals surface area contributed by atoms with Crippen molar-refractivity contribution < 1.29 is 33.8 Å². The van der Waals surface area contributed by atoms with Crippen LogP contribution in [-0.2, 0) is 31.1 Å². The number of alkyl halides is 1. The minimum atomic E-state index is -0.983. The normalized spacial score (nSPS) is 9.54. The van der Waals surface area contributed by atoms with Crippen molar-refractivity contribution in [2.45, 2.75) is 59.1 Å². The Balaban J connectivity index is 0.000000328. The van der Waals surface area contributed by atoms with Crippen molar-refractivity contribution in [1.82, 2.24) is 15.0 Å². The van der Waals surface area contributed by atoms with E-state index >= 15 is 0 Å². The molecule has 6 rings (SSSR count). The van der Waals surface area contributed by atoms with Crippen LogP contribution in [0, 0.1) is 66.1 Å². The van der Waals surface area contributed by atoms with E-state index in [0.717, 1.165) is 22.0 Å². The molecule has 1 amide bonds. The van der Waals surface area contributed by atoms with Crippen LogP contribution in [0.25, 0.3) is 0 Å². The van der Waals surface area contributed by atoms with Gasteiger partial charge in [-0.25, -0.2) is 14.4 Å². The fourth-order valence-electron chi connectivity index (χ4n) is 5.61. The number of carbonyl (C=O) groups is 4. The number of halogens is 1. The summed E-state index contributed by atoms with van der Waals surface area (Å²) in [4.78, 5) is 84.6. The SMILES string of the molecule is COC(=O)c1cccc(CBr)c1.COC(=O)c1cccc(CSc2[nH]c(=O)cc(C)c2C#N)c1.Cc1cc(=O)[nH]c(S)c1C#N.Cc1cc(=O)[nH]c(SCc2cccc(C(=O)O)c2)c1C#N.N#CCC(N)=O. The van der Waals surface area contributed by atoms with Gasteiger partial charge in [0, 0.05) is 35.0 Å². The first-order valence-electron chi connectivity index (χ1n) is 20.5. The lowest BCUT2D eigenvalue weighted by Gasteiger charge is -2.07. The minimum Gasteiger partial charge on any atom is -0.478 e. The highest BCUT2D eigenvalue weighted by Gasteiger charge is 2.12. The number of H-pyrrole nitrogens is 3. The smallest absolute Gasteiger partial charge is 0.337 e. The predicted octanol–water partition coefficient (Wildman–Crippen LogP) is 7.78. The number of thioether (sulfide) groups is 2. The molecule has 3 aromatic heterocycles. The molecule has 6 N–H and O–H groups in total. The molecule has 0 unspecified atom stereocenters. The van der Waals surface area contributed by atoms with Gasteiger partial charge in [-0.15, -0.1) is 36.2 Å². The van der Waals surface area contributed by atoms with E-state index in [1.807, 2.05) is 24.3 Å². The number of methoxy groups -OCH3 is 2. The fraction of sp³-hybridized carbons (Fsp3) is 0.180. The van der Waals surface area contributed by atoms with E-state index in [2.05, 4.69) is 70.9 Å². The van der Waals surface area contributed by atoms with Crippen LogP contribution < -0.4 is 22.4 Å². The Morgan fingerprint density at radius 1 is 0.625 bits per heavy atom. The van der Waals surface area contributed by atoms with Crippen LogP contribution >= 0.6 is 52.1 Å². The van der Waals surface area contributed by atoms with Crippen molar-refractivity contribution in [3.63, 3.8) is 0 Å². The summed E-state index contributed by atoms with van der Waals surface area (Å²) < 4.78 is 9.27. The molecular weight excluding hydrogens is 1050 g/mol. The predicted molar refractivity (Wildman–Crippen MR) is 277 cm³/mol. The molecule has 0 spiro atoms. The van der Waals surface area contributed by atoms with Gasteiger partial charge in [0.15, 0.2) is 0 Å². The van der Waals surface area contributed by atoms with E-state index in [1.54, 1.807) is 75.4 Å². The first-order chi connectivity index (χ1) is 34.2. The quantitative estimate of drug-likeness (QED) is 0.0312. The standard InChI is InChI=1S/C16H14N2O3S.C15H12N2O3S.C9H9BrO2.C7H6N2OS.C3H4N2O/c1-10-6-14(19)18-15(13(10)8-17)22-9-11-4-3-5-12(7-11)16(20)21-2;1-9-5-13(18)17-14(12(9)7-16)21-8-10-3-2-4-11(6-10)15(19)20;1-12-9(11)8-4-2-3-7(5-8)6-10;1-4-2-6(10)9-7(11)5(4)3-8;4-2-1-3(5)6/h3-7H,9H2,1-2H3,(H,18,19);2-6H,8H2,1H3,(H,17,18)(H,19,20);2-5H,6H2,1H3;2H,1H3,(H2,9,10,11);1H2,(H2,5,6). The maximum Gasteiger partial charge on any atom is 0.337 e. The Kier molecular flexibility index (Phi) is 26.0. The maximum atomic E-state index is 11.5. The topological polar surface area (TPSA) is 327 Å². The van der Waals surface area contributed by atoms with E-state index in [9.17, 15) is 38.8 Å². The average Bonchev–Trinajstić information content (AvgIpc) is 3.35. The number of nitriles is 4.